The molecule has 1 fully saturated rings. The summed E-state index contributed by atoms with van der Waals surface area (Å²) in [5, 5.41) is 3.90. The van der Waals surface area contributed by atoms with Crippen LogP contribution in [-0.2, 0) is 16.0 Å². The van der Waals surface area contributed by atoms with Crippen LogP contribution in [0.25, 0.3) is 0 Å². The zero-order valence-corrected chi connectivity index (χ0v) is 13.5. The van der Waals surface area contributed by atoms with Crippen molar-refractivity contribution < 1.29 is 14.1 Å². The first kappa shape index (κ1) is 16.0. The molecule has 1 aliphatic rings. The van der Waals surface area contributed by atoms with Crippen molar-refractivity contribution in [2.45, 2.75) is 53.1 Å². The molecule has 0 spiro atoms. The third-order valence-corrected chi connectivity index (χ3v) is 3.97. The maximum absolute atomic E-state index is 12.4. The molecule has 21 heavy (non-hydrogen) atoms. The molecule has 0 N–H and O–H groups in total. The van der Waals surface area contributed by atoms with Gasteiger partial charge in [0.15, 0.2) is 0 Å². The quantitative estimate of drug-likeness (QED) is 0.837. The normalized spacial score (nSPS) is 16.7. The van der Waals surface area contributed by atoms with Crippen molar-refractivity contribution in [1.82, 2.24) is 10.1 Å². The molecule has 0 atom stereocenters. The van der Waals surface area contributed by atoms with E-state index in [0.29, 0.717) is 18.4 Å². The number of ether oxygens (including phenoxy) is 1. The van der Waals surface area contributed by atoms with Crippen molar-refractivity contribution in [3.63, 3.8) is 0 Å². The van der Waals surface area contributed by atoms with Crippen LogP contribution in [0.1, 0.15) is 43.7 Å². The Labute approximate surface area is 126 Å². The lowest BCUT2D eigenvalue weighted by molar-refractivity contribution is -0.133. The van der Waals surface area contributed by atoms with Gasteiger partial charge in [0, 0.05) is 25.3 Å². The molecule has 0 radical (unpaired) electrons. The molecule has 5 nitrogen and oxygen atoms in total. The van der Waals surface area contributed by atoms with Crippen molar-refractivity contribution in [3.8, 4) is 0 Å². The molecule has 1 aliphatic heterocycles. The third kappa shape index (κ3) is 4.30. The van der Waals surface area contributed by atoms with Gasteiger partial charge in [0.1, 0.15) is 5.76 Å². The maximum atomic E-state index is 12.4. The Morgan fingerprint density at radius 2 is 2.05 bits per heavy atom. The van der Waals surface area contributed by atoms with Gasteiger partial charge in [-0.1, -0.05) is 19.0 Å². The second-order valence-corrected chi connectivity index (χ2v) is 6.29. The second-order valence-electron chi connectivity index (χ2n) is 6.29. The summed E-state index contributed by atoms with van der Waals surface area (Å²) in [4.78, 5) is 14.3. The number of carbonyl (C=O) groups excluding carboxylic acids is 1. The number of aryl methyl sites for hydroxylation is 2. The molecule has 0 aromatic carbocycles. The van der Waals surface area contributed by atoms with Gasteiger partial charge in [-0.15, -0.1) is 0 Å². The number of hydrogen-bond acceptors (Lipinski definition) is 4. The van der Waals surface area contributed by atoms with E-state index in [4.69, 9.17) is 9.26 Å². The molecule has 5 heteroatoms. The van der Waals surface area contributed by atoms with Crippen LogP contribution < -0.4 is 0 Å². The molecule has 0 aliphatic carbocycles. The highest BCUT2D eigenvalue weighted by atomic mass is 16.5. The van der Waals surface area contributed by atoms with Gasteiger partial charge in [0.25, 0.3) is 0 Å². The molecular formula is C16H26N2O3. The Morgan fingerprint density at radius 3 is 2.57 bits per heavy atom. The van der Waals surface area contributed by atoms with E-state index in [-0.39, 0.29) is 5.91 Å². The minimum Gasteiger partial charge on any atom is -0.378 e. The summed E-state index contributed by atoms with van der Waals surface area (Å²) in [6, 6.07) is 0. The van der Waals surface area contributed by atoms with Crippen LogP contribution in [0, 0.1) is 19.8 Å². The van der Waals surface area contributed by atoms with Crippen LogP contribution in [-0.4, -0.2) is 41.8 Å². The minimum absolute atomic E-state index is 0.159. The summed E-state index contributed by atoms with van der Waals surface area (Å²) in [5.41, 5.74) is 1.74. The van der Waals surface area contributed by atoms with Crippen molar-refractivity contribution in [1.29, 1.82) is 0 Å². The smallest absolute Gasteiger partial charge is 0.227 e. The lowest BCUT2D eigenvalue weighted by Gasteiger charge is -2.32. The SMILES string of the molecule is Cc1noc(C)c1CC(=O)N1CCC(OCC(C)C)CC1. The highest BCUT2D eigenvalue weighted by Gasteiger charge is 2.24. The third-order valence-electron chi connectivity index (χ3n) is 3.97. The molecule has 1 saturated heterocycles. The Balaban J connectivity index is 1.81. The highest BCUT2D eigenvalue weighted by molar-refractivity contribution is 5.79. The van der Waals surface area contributed by atoms with E-state index in [1.807, 2.05) is 18.7 Å². The van der Waals surface area contributed by atoms with Crippen molar-refractivity contribution >= 4 is 5.91 Å². The predicted molar refractivity (Wildman–Crippen MR) is 80.1 cm³/mol. The van der Waals surface area contributed by atoms with Gasteiger partial charge in [0.05, 0.1) is 18.2 Å². The number of piperidine rings is 1. The molecular weight excluding hydrogens is 268 g/mol. The van der Waals surface area contributed by atoms with Crippen LogP contribution in [0.5, 0.6) is 0 Å². The van der Waals surface area contributed by atoms with Crippen LogP contribution in [0.4, 0.5) is 0 Å². The summed E-state index contributed by atoms with van der Waals surface area (Å²) >= 11 is 0. The molecule has 2 rings (SSSR count). The van der Waals surface area contributed by atoms with Gasteiger partial charge in [-0.05, 0) is 32.6 Å². The first-order valence-corrected chi connectivity index (χ1v) is 7.78. The van der Waals surface area contributed by atoms with Gasteiger partial charge in [-0.3, -0.25) is 4.79 Å². The van der Waals surface area contributed by atoms with Crippen molar-refractivity contribution in [2.75, 3.05) is 19.7 Å². The van der Waals surface area contributed by atoms with E-state index in [9.17, 15) is 4.79 Å². The molecule has 118 valence electrons. The Kier molecular flexibility index (Phi) is 5.39. The van der Waals surface area contributed by atoms with Crippen molar-refractivity contribution in [3.05, 3.63) is 17.0 Å². The van der Waals surface area contributed by atoms with Gasteiger partial charge >= 0.3 is 0 Å². The first-order chi connectivity index (χ1) is 9.97. The van der Waals surface area contributed by atoms with E-state index < -0.39 is 0 Å². The lowest BCUT2D eigenvalue weighted by Crippen LogP contribution is -2.41. The van der Waals surface area contributed by atoms with Gasteiger partial charge in [-0.25, -0.2) is 0 Å². The van der Waals surface area contributed by atoms with Crippen LogP contribution in [0.15, 0.2) is 4.52 Å². The minimum atomic E-state index is 0.159. The number of likely N-dealkylation sites (tertiary alicyclic amines) is 1. The molecule has 1 amide bonds. The maximum Gasteiger partial charge on any atom is 0.227 e. The van der Waals surface area contributed by atoms with Crippen LogP contribution >= 0.6 is 0 Å². The standard InChI is InChI=1S/C16H26N2O3/c1-11(2)10-20-14-5-7-18(8-6-14)16(19)9-15-12(3)17-21-13(15)4/h11,14H,5-10H2,1-4H3. The average molecular weight is 294 g/mol. The number of rotatable bonds is 5. The fourth-order valence-corrected chi connectivity index (χ4v) is 2.62. The number of hydrogen-bond donors (Lipinski definition) is 0. The summed E-state index contributed by atoms with van der Waals surface area (Å²) in [6.45, 7) is 10.4. The molecule has 2 heterocycles. The Hall–Kier alpha value is -1.36. The Bertz CT molecular complexity index is 454. The van der Waals surface area contributed by atoms with Gasteiger partial charge < -0.3 is 14.2 Å². The molecule has 0 unspecified atom stereocenters. The number of carbonyl (C=O) groups is 1. The summed E-state index contributed by atoms with van der Waals surface area (Å²) in [5.74, 6) is 1.46. The average Bonchev–Trinajstić information content (AvgIpc) is 2.77. The van der Waals surface area contributed by atoms with E-state index in [0.717, 1.165) is 49.6 Å². The zero-order valence-electron chi connectivity index (χ0n) is 13.5. The summed E-state index contributed by atoms with van der Waals surface area (Å²) in [7, 11) is 0. The number of nitrogens with zero attached hydrogens (tertiary/aromatic N) is 2. The second kappa shape index (κ2) is 7.07. The van der Waals surface area contributed by atoms with Crippen molar-refractivity contribution in [2.24, 2.45) is 5.92 Å². The van der Waals surface area contributed by atoms with Gasteiger partial charge in [0.2, 0.25) is 5.91 Å². The van der Waals surface area contributed by atoms with E-state index in [1.54, 1.807) is 0 Å². The molecule has 0 bridgehead atoms. The summed E-state index contributed by atoms with van der Waals surface area (Å²) in [6.07, 6.45) is 2.55. The highest BCUT2D eigenvalue weighted by Crippen LogP contribution is 2.18. The summed E-state index contributed by atoms with van der Waals surface area (Å²) < 4.78 is 11.0. The zero-order chi connectivity index (χ0) is 15.4. The predicted octanol–water partition coefficient (Wildman–Crippen LogP) is 2.50. The monoisotopic (exact) mass is 294 g/mol. The van der Waals surface area contributed by atoms with Crippen LogP contribution in [0.3, 0.4) is 0 Å². The largest absolute Gasteiger partial charge is 0.378 e. The topological polar surface area (TPSA) is 55.6 Å². The Morgan fingerprint density at radius 1 is 1.38 bits per heavy atom. The van der Waals surface area contributed by atoms with Crippen LogP contribution in [0.2, 0.25) is 0 Å². The molecule has 1 aromatic heterocycles. The number of aromatic nitrogens is 1. The molecule has 1 aromatic rings. The lowest BCUT2D eigenvalue weighted by atomic mass is 10.1. The first-order valence-electron chi connectivity index (χ1n) is 7.78. The van der Waals surface area contributed by atoms with E-state index in [1.165, 1.54) is 0 Å². The fourth-order valence-electron chi connectivity index (χ4n) is 2.62. The fraction of sp³-hybridized carbons (Fsp3) is 0.750. The van der Waals surface area contributed by atoms with Gasteiger partial charge in [-0.2, -0.15) is 0 Å². The molecule has 0 saturated carbocycles. The van der Waals surface area contributed by atoms with E-state index >= 15 is 0 Å². The van der Waals surface area contributed by atoms with E-state index in [2.05, 4.69) is 19.0 Å². The number of amides is 1.